The number of hydrogen-bond donors (Lipinski definition) is 1. The predicted octanol–water partition coefficient (Wildman–Crippen LogP) is 0.778. The van der Waals surface area contributed by atoms with Crippen LogP contribution in [0.3, 0.4) is 0 Å². The molecule has 0 radical (unpaired) electrons. The first-order chi connectivity index (χ1) is 9.99. The van der Waals surface area contributed by atoms with Gasteiger partial charge in [-0.15, -0.1) is 0 Å². The van der Waals surface area contributed by atoms with Gasteiger partial charge in [0.1, 0.15) is 11.8 Å². The van der Waals surface area contributed by atoms with Crippen molar-refractivity contribution < 1.29 is 14.3 Å². The van der Waals surface area contributed by atoms with Crippen LogP contribution in [0.1, 0.15) is 12.5 Å². The second-order valence-electron chi connectivity index (χ2n) is 4.69. The molecule has 112 valence electrons. The third-order valence-electron chi connectivity index (χ3n) is 3.03. The van der Waals surface area contributed by atoms with Crippen LogP contribution in [0.4, 0.5) is 0 Å². The smallest absolute Gasteiger partial charge is 0.260 e. The molecule has 0 heterocycles. The van der Waals surface area contributed by atoms with Gasteiger partial charge in [-0.3, -0.25) is 9.59 Å². The number of hydrogen-bond acceptors (Lipinski definition) is 4. The molecule has 21 heavy (non-hydrogen) atoms. The van der Waals surface area contributed by atoms with Gasteiger partial charge in [0.15, 0.2) is 6.61 Å². The highest BCUT2D eigenvalue weighted by atomic mass is 16.5. The highest BCUT2D eigenvalue weighted by molar-refractivity contribution is 5.81. The van der Waals surface area contributed by atoms with Crippen molar-refractivity contribution in [1.82, 2.24) is 10.2 Å². The predicted molar refractivity (Wildman–Crippen MR) is 77.5 cm³/mol. The fourth-order valence-corrected chi connectivity index (χ4v) is 1.78. The van der Waals surface area contributed by atoms with E-state index in [-0.39, 0.29) is 24.3 Å². The molecule has 0 aromatic heterocycles. The van der Waals surface area contributed by atoms with E-state index < -0.39 is 0 Å². The van der Waals surface area contributed by atoms with E-state index in [2.05, 4.69) is 5.32 Å². The van der Waals surface area contributed by atoms with Crippen LogP contribution in [0.5, 0.6) is 5.75 Å². The van der Waals surface area contributed by atoms with Crippen molar-refractivity contribution in [3.63, 3.8) is 0 Å². The van der Waals surface area contributed by atoms with Crippen molar-refractivity contribution in [2.75, 3.05) is 27.2 Å². The monoisotopic (exact) mass is 289 g/mol. The average molecular weight is 289 g/mol. The van der Waals surface area contributed by atoms with Crippen molar-refractivity contribution >= 4 is 11.8 Å². The number of carbonyl (C=O) groups excluding carboxylic acids is 2. The summed E-state index contributed by atoms with van der Waals surface area (Å²) in [6.45, 7) is 1.88. The standard InChI is InChI=1S/C15H19N3O3/c1-11(15(20)17-2)9-18(3)14(19)10-21-13-7-5-4-6-12(13)8-16/h4-7,11H,9-10H2,1-3H3,(H,17,20). The number of ether oxygens (including phenoxy) is 1. The molecule has 1 aromatic carbocycles. The first kappa shape index (κ1) is 16.5. The molecule has 1 atom stereocenters. The van der Waals surface area contributed by atoms with Gasteiger partial charge < -0.3 is 15.0 Å². The van der Waals surface area contributed by atoms with Crippen LogP contribution in [-0.4, -0.2) is 44.0 Å². The summed E-state index contributed by atoms with van der Waals surface area (Å²) in [6, 6.07) is 8.72. The van der Waals surface area contributed by atoms with E-state index >= 15 is 0 Å². The van der Waals surface area contributed by atoms with Gasteiger partial charge in [0, 0.05) is 20.6 Å². The molecular formula is C15H19N3O3. The molecule has 6 heteroatoms. The Morgan fingerprint density at radius 1 is 1.43 bits per heavy atom. The number of likely N-dealkylation sites (N-methyl/N-ethyl adjacent to an activating group) is 1. The molecule has 1 aromatic rings. The van der Waals surface area contributed by atoms with E-state index in [0.29, 0.717) is 17.9 Å². The summed E-state index contributed by atoms with van der Waals surface area (Å²) >= 11 is 0. The molecule has 0 fully saturated rings. The van der Waals surface area contributed by atoms with Gasteiger partial charge in [0.25, 0.3) is 5.91 Å². The number of nitrogens with zero attached hydrogens (tertiary/aromatic N) is 2. The quantitative estimate of drug-likeness (QED) is 0.839. The van der Waals surface area contributed by atoms with E-state index in [1.54, 1.807) is 45.3 Å². The molecule has 0 spiro atoms. The summed E-state index contributed by atoms with van der Waals surface area (Å²) in [7, 11) is 3.17. The summed E-state index contributed by atoms with van der Waals surface area (Å²) < 4.78 is 5.37. The number of para-hydroxylation sites is 1. The molecule has 0 saturated carbocycles. The zero-order valence-corrected chi connectivity index (χ0v) is 12.4. The minimum atomic E-state index is -0.296. The third kappa shape index (κ3) is 4.80. The van der Waals surface area contributed by atoms with Gasteiger partial charge in [-0.25, -0.2) is 0 Å². The first-order valence-electron chi connectivity index (χ1n) is 6.57. The summed E-state index contributed by atoms with van der Waals surface area (Å²) in [4.78, 5) is 24.8. The topological polar surface area (TPSA) is 82.4 Å². The Bertz CT molecular complexity index is 551. The molecule has 1 unspecified atom stereocenters. The first-order valence-corrected chi connectivity index (χ1v) is 6.57. The van der Waals surface area contributed by atoms with Gasteiger partial charge in [0.2, 0.25) is 5.91 Å². The van der Waals surface area contributed by atoms with Gasteiger partial charge in [-0.05, 0) is 12.1 Å². The number of amides is 2. The molecule has 0 aliphatic heterocycles. The largest absolute Gasteiger partial charge is 0.482 e. The summed E-state index contributed by atoms with van der Waals surface area (Å²) in [5.41, 5.74) is 0.381. The van der Waals surface area contributed by atoms with Crippen molar-refractivity contribution in [2.45, 2.75) is 6.92 Å². The van der Waals surface area contributed by atoms with Gasteiger partial charge in [-0.2, -0.15) is 5.26 Å². The second-order valence-corrected chi connectivity index (χ2v) is 4.69. The van der Waals surface area contributed by atoms with E-state index in [4.69, 9.17) is 10.00 Å². The number of rotatable bonds is 6. The second kappa shape index (κ2) is 7.90. The van der Waals surface area contributed by atoms with E-state index in [1.165, 1.54) is 4.90 Å². The Morgan fingerprint density at radius 2 is 2.10 bits per heavy atom. The Morgan fingerprint density at radius 3 is 2.71 bits per heavy atom. The van der Waals surface area contributed by atoms with Gasteiger partial charge in [0.05, 0.1) is 11.5 Å². The van der Waals surface area contributed by atoms with Crippen LogP contribution in [0.25, 0.3) is 0 Å². The van der Waals surface area contributed by atoms with Crippen molar-refractivity contribution in [1.29, 1.82) is 5.26 Å². The maximum absolute atomic E-state index is 11.9. The Hall–Kier alpha value is -2.55. The Labute approximate surface area is 124 Å². The molecule has 0 aliphatic carbocycles. The third-order valence-corrected chi connectivity index (χ3v) is 3.03. The summed E-state index contributed by atoms with van der Waals surface area (Å²) in [6.07, 6.45) is 0. The zero-order chi connectivity index (χ0) is 15.8. The van der Waals surface area contributed by atoms with Crippen molar-refractivity contribution in [2.24, 2.45) is 5.92 Å². The van der Waals surface area contributed by atoms with Crippen LogP contribution in [0.15, 0.2) is 24.3 Å². The van der Waals surface area contributed by atoms with E-state index in [9.17, 15) is 9.59 Å². The maximum Gasteiger partial charge on any atom is 0.260 e. The van der Waals surface area contributed by atoms with E-state index in [0.717, 1.165) is 0 Å². The average Bonchev–Trinajstić information content (AvgIpc) is 2.51. The molecular weight excluding hydrogens is 270 g/mol. The SMILES string of the molecule is CNC(=O)C(C)CN(C)C(=O)COc1ccccc1C#N. The lowest BCUT2D eigenvalue weighted by atomic mass is 10.1. The molecule has 1 N–H and O–H groups in total. The number of nitrogens with one attached hydrogen (secondary N) is 1. The summed E-state index contributed by atoms with van der Waals surface area (Å²) in [5, 5.41) is 11.5. The lowest BCUT2D eigenvalue weighted by Gasteiger charge is -2.21. The Balaban J connectivity index is 2.54. The number of carbonyl (C=O) groups is 2. The van der Waals surface area contributed by atoms with Crippen molar-refractivity contribution in [3.05, 3.63) is 29.8 Å². The van der Waals surface area contributed by atoms with E-state index in [1.807, 2.05) is 6.07 Å². The lowest BCUT2D eigenvalue weighted by molar-refractivity contribution is -0.133. The molecule has 0 bridgehead atoms. The van der Waals surface area contributed by atoms with Crippen LogP contribution < -0.4 is 10.1 Å². The Kier molecular flexibility index (Phi) is 6.21. The molecule has 0 saturated heterocycles. The number of nitriles is 1. The molecule has 0 aliphatic rings. The van der Waals surface area contributed by atoms with Crippen LogP contribution >= 0.6 is 0 Å². The fraction of sp³-hybridized carbons (Fsp3) is 0.400. The van der Waals surface area contributed by atoms with Crippen molar-refractivity contribution in [3.8, 4) is 11.8 Å². The minimum Gasteiger partial charge on any atom is -0.482 e. The van der Waals surface area contributed by atoms with Gasteiger partial charge >= 0.3 is 0 Å². The van der Waals surface area contributed by atoms with Crippen LogP contribution in [-0.2, 0) is 9.59 Å². The van der Waals surface area contributed by atoms with Gasteiger partial charge in [-0.1, -0.05) is 19.1 Å². The highest BCUT2D eigenvalue weighted by Gasteiger charge is 2.17. The molecule has 1 rings (SSSR count). The normalized spacial score (nSPS) is 11.1. The number of benzene rings is 1. The maximum atomic E-state index is 11.9. The lowest BCUT2D eigenvalue weighted by Crippen LogP contribution is -2.39. The minimum absolute atomic E-state index is 0.120. The molecule has 6 nitrogen and oxygen atoms in total. The fourth-order valence-electron chi connectivity index (χ4n) is 1.78. The zero-order valence-electron chi connectivity index (χ0n) is 12.4. The molecule has 2 amide bonds. The summed E-state index contributed by atoms with van der Waals surface area (Å²) in [5.74, 6) is -0.291. The highest BCUT2D eigenvalue weighted by Crippen LogP contribution is 2.16. The van der Waals surface area contributed by atoms with Crippen LogP contribution in [0.2, 0.25) is 0 Å². The van der Waals surface area contributed by atoms with Crippen LogP contribution in [0, 0.1) is 17.2 Å².